The van der Waals surface area contributed by atoms with E-state index in [0.717, 1.165) is 12.0 Å². The molecule has 0 aliphatic carbocycles. The first kappa shape index (κ1) is 19.4. The number of halogens is 1. The molecule has 0 N–H and O–H groups in total. The number of carbonyl (C=O) groups is 2. The van der Waals surface area contributed by atoms with Crippen molar-refractivity contribution in [3.63, 3.8) is 0 Å². The van der Waals surface area contributed by atoms with Gasteiger partial charge in [-0.3, -0.25) is 14.6 Å². The van der Waals surface area contributed by atoms with Gasteiger partial charge in [-0.1, -0.05) is 53.2 Å². The summed E-state index contributed by atoms with van der Waals surface area (Å²) in [5.74, 6) is -0.205. The second kappa shape index (κ2) is 7.59. The Balaban J connectivity index is 1.36. The summed E-state index contributed by atoms with van der Waals surface area (Å²) in [5.41, 5.74) is 2.28. The van der Waals surface area contributed by atoms with Crippen LogP contribution in [0.2, 0.25) is 5.02 Å². The topological polar surface area (TPSA) is 104 Å². The van der Waals surface area contributed by atoms with Crippen LogP contribution >= 0.6 is 11.6 Å². The first-order valence-corrected chi connectivity index (χ1v) is 10.2. The number of imide groups is 1. The average Bonchev–Trinajstić information content (AvgIpc) is 3.47. The van der Waals surface area contributed by atoms with Crippen LogP contribution in [-0.4, -0.2) is 39.0 Å². The first-order chi connectivity index (χ1) is 15.1. The summed E-state index contributed by atoms with van der Waals surface area (Å²) in [5, 5.41) is 13.9. The molecule has 10 heteroatoms. The quantitative estimate of drug-likeness (QED) is 0.567. The average molecular weight is 437 g/mol. The van der Waals surface area contributed by atoms with E-state index in [4.69, 9.17) is 16.1 Å². The van der Waals surface area contributed by atoms with Crippen LogP contribution < -0.4 is 4.90 Å². The van der Waals surface area contributed by atoms with Crippen LogP contribution in [0.5, 0.6) is 0 Å². The molecule has 1 saturated heterocycles. The maximum Gasteiger partial charge on any atom is 0.263 e. The lowest BCUT2D eigenvalue weighted by molar-refractivity contribution is -0.123. The largest absolute Gasteiger partial charge is 0.337 e. The number of aromatic nitrogens is 2. The Hall–Kier alpha value is -3.59. The minimum atomic E-state index is -0.885. The molecule has 0 radical (unpaired) electrons. The van der Waals surface area contributed by atoms with Crippen molar-refractivity contribution < 1.29 is 14.1 Å². The fraction of sp³-hybridized carbons (Fsp3) is 0.238. The summed E-state index contributed by atoms with van der Waals surface area (Å²) >= 11 is 6.19. The van der Waals surface area contributed by atoms with Gasteiger partial charge in [0.25, 0.3) is 11.8 Å². The molecule has 1 fully saturated rings. The van der Waals surface area contributed by atoms with Crippen LogP contribution in [-0.2, 0) is 22.6 Å². The van der Waals surface area contributed by atoms with Gasteiger partial charge in [-0.05, 0) is 36.2 Å². The Morgan fingerprint density at radius 1 is 1.06 bits per heavy atom. The summed E-state index contributed by atoms with van der Waals surface area (Å²) in [7, 11) is 0. The van der Waals surface area contributed by atoms with Crippen LogP contribution in [0.25, 0.3) is 11.4 Å². The highest BCUT2D eigenvalue weighted by molar-refractivity contribution is 6.33. The molecular weight excluding hydrogens is 420 g/mol. The molecule has 0 bridgehead atoms. The van der Waals surface area contributed by atoms with E-state index in [1.165, 1.54) is 9.91 Å². The van der Waals surface area contributed by atoms with Crippen LogP contribution in [0.15, 0.2) is 63.4 Å². The molecule has 0 saturated carbocycles. The summed E-state index contributed by atoms with van der Waals surface area (Å²) in [4.78, 5) is 31.4. The maximum absolute atomic E-state index is 13.1. The zero-order valence-electron chi connectivity index (χ0n) is 16.5. The number of benzene rings is 2. The molecule has 0 unspecified atom stereocenters. The van der Waals surface area contributed by atoms with Crippen molar-refractivity contribution >= 4 is 29.1 Å². The molecule has 2 atom stereocenters. The second-order valence-corrected chi connectivity index (χ2v) is 7.62. The molecule has 31 heavy (non-hydrogen) atoms. The smallest absolute Gasteiger partial charge is 0.263 e. The minimum absolute atomic E-state index is 0.0454. The molecule has 3 aromatic rings. The maximum atomic E-state index is 13.1. The minimum Gasteiger partial charge on any atom is -0.337 e. The number of amides is 2. The Morgan fingerprint density at radius 3 is 2.58 bits per heavy atom. The molecule has 3 heterocycles. The van der Waals surface area contributed by atoms with E-state index < -0.39 is 18.0 Å². The number of hydrogen-bond donors (Lipinski definition) is 0. The molecule has 2 amide bonds. The van der Waals surface area contributed by atoms with Gasteiger partial charge in [-0.15, -0.1) is 0 Å². The third-order valence-electron chi connectivity index (χ3n) is 5.34. The number of nitrogens with zero attached hydrogens (tertiary/aromatic N) is 6. The molecule has 1 aromatic heterocycles. The van der Waals surface area contributed by atoms with Gasteiger partial charge in [0.2, 0.25) is 11.7 Å². The number of carbonyl (C=O) groups excluding carboxylic acids is 2. The number of anilines is 1. The van der Waals surface area contributed by atoms with Gasteiger partial charge < -0.3 is 4.52 Å². The number of aryl methyl sites for hydroxylation is 1. The lowest BCUT2D eigenvalue weighted by Crippen LogP contribution is -2.39. The highest BCUT2D eigenvalue weighted by Gasteiger charge is 2.55. The van der Waals surface area contributed by atoms with Gasteiger partial charge >= 0.3 is 0 Å². The van der Waals surface area contributed by atoms with Gasteiger partial charge in [0.1, 0.15) is 6.54 Å². The van der Waals surface area contributed by atoms with Crippen molar-refractivity contribution in [3.8, 4) is 11.4 Å². The molecule has 2 aromatic carbocycles. The number of rotatable bonds is 5. The van der Waals surface area contributed by atoms with E-state index in [1.54, 1.807) is 24.3 Å². The Bertz CT molecular complexity index is 1190. The third-order valence-corrected chi connectivity index (χ3v) is 5.67. The van der Waals surface area contributed by atoms with Crippen LogP contribution in [0.1, 0.15) is 18.4 Å². The predicted molar refractivity (Wildman–Crippen MR) is 111 cm³/mol. The second-order valence-electron chi connectivity index (χ2n) is 7.22. The van der Waals surface area contributed by atoms with E-state index >= 15 is 0 Å². The Labute approximate surface area is 182 Å². The molecule has 2 aliphatic heterocycles. The molecule has 156 valence electrons. The summed E-state index contributed by atoms with van der Waals surface area (Å²) in [6.07, 6.45) is 0.871. The summed E-state index contributed by atoms with van der Waals surface area (Å²) in [6, 6.07) is 12.8. The standard InChI is InChI=1S/C21H17ClN6O3/c1-2-12-7-9-13(10-8-12)28-20(29)17-18(21(28)30)27(26-24-17)11-16-23-19(25-31-16)14-5-3-4-6-15(14)22/h3-10,17-18H,2,11H2,1H3/t17-,18+/m0/s1. The zero-order chi connectivity index (χ0) is 21.5. The molecule has 2 aliphatic rings. The fourth-order valence-corrected chi connectivity index (χ4v) is 3.92. The third kappa shape index (κ3) is 3.27. The van der Waals surface area contributed by atoms with Crippen molar-refractivity contribution in [3.05, 3.63) is 65.0 Å². The van der Waals surface area contributed by atoms with Gasteiger partial charge in [0, 0.05) is 5.56 Å². The van der Waals surface area contributed by atoms with E-state index in [-0.39, 0.29) is 18.3 Å². The zero-order valence-corrected chi connectivity index (χ0v) is 17.2. The predicted octanol–water partition coefficient (Wildman–Crippen LogP) is 3.45. The van der Waals surface area contributed by atoms with E-state index in [9.17, 15) is 9.59 Å². The van der Waals surface area contributed by atoms with Crippen LogP contribution in [0, 0.1) is 0 Å². The fourth-order valence-electron chi connectivity index (χ4n) is 3.70. The van der Waals surface area contributed by atoms with Crippen molar-refractivity contribution in [1.82, 2.24) is 15.1 Å². The summed E-state index contributed by atoms with van der Waals surface area (Å²) in [6.45, 7) is 2.09. The van der Waals surface area contributed by atoms with Crippen LogP contribution in [0.3, 0.4) is 0 Å². The van der Waals surface area contributed by atoms with Gasteiger partial charge in [0.15, 0.2) is 12.1 Å². The normalized spacial score (nSPS) is 20.1. The van der Waals surface area contributed by atoms with Gasteiger partial charge in [-0.25, -0.2) is 4.90 Å². The van der Waals surface area contributed by atoms with Crippen molar-refractivity contribution in [2.75, 3.05) is 4.90 Å². The molecule has 0 spiro atoms. The first-order valence-electron chi connectivity index (χ1n) is 9.78. The van der Waals surface area contributed by atoms with Crippen molar-refractivity contribution in [2.45, 2.75) is 32.0 Å². The highest BCUT2D eigenvalue weighted by Crippen LogP contribution is 2.33. The van der Waals surface area contributed by atoms with Crippen molar-refractivity contribution in [2.24, 2.45) is 10.3 Å². The molecule has 5 rings (SSSR count). The Morgan fingerprint density at radius 2 is 1.84 bits per heavy atom. The van der Waals surface area contributed by atoms with Crippen molar-refractivity contribution in [1.29, 1.82) is 0 Å². The van der Waals surface area contributed by atoms with E-state index in [1.807, 2.05) is 31.2 Å². The van der Waals surface area contributed by atoms with Gasteiger partial charge in [-0.2, -0.15) is 10.1 Å². The summed E-state index contributed by atoms with van der Waals surface area (Å²) < 4.78 is 5.31. The van der Waals surface area contributed by atoms with E-state index in [0.29, 0.717) is 22.1 Å². The lowest BCUT2D eigenvalue weighted by Gasteiger charge is -2.19. The SMILES string of the molecule is CCc1ccc(N2C(=O)[C@H]3N=NN(Cc4nc(-c5ccccc5Cl)no4)[C@H]3C2=O)cc1. The van der Waals surface area contributed by atoms with Crippen LogP contribution in [0.4, 0.5) is 5.69 Å². The monoisotopic (exact) mass is 436 g/mol. The molecule has 9 nitrogen and oxygen atoms in total. The number of hydrogen-bond acceptors (Lipinski definition) is 8. The van der Waals surface area contributed by atoms with Gasteiger partial charge in [0.05, 0.1) is 10.7 Å². The Kier molecular flexibility index (Phi) is 4.74. The highest BCUT2D eigenvalue weighted by atomic mass is 35.5. The number of fused-ring (bicyclic) bond motifs is 1. The molecular formula is C21H17ClN6O3. The van der Waals surface area contributed by atoms with E-state index in [2.05, 4.69) is 20.5 Å². The lowest BCUT2D eigenvalue weighted by atomic mass is 10.1.